The number of alkyl halides is 3. The highest BCUT2D eigenvalue weighted by Gasteiger charge is 2.38. The molecule has 0 aliphatic heterocycles. The van der Waals surface area contributed by atoms with E-state index in [9.17, 15) is 13.2 Å². The molecule has 0 aromatic heterocycles. The second-order valence-electron chi connectivity index (χ2n) is 6.35. The molecule has 0 aliphatic carbocycles. The van der Waals surface area contributed by atoms with Crippen molar-refractivity contribution in [3.63, 3.8) is 0 Å². The van der Waals surface area contributed by atoms with Crippen molar-refractivity contribution >= 4 is 0 Å². The summed E-state index contributed by atoms with van der Waals surface area (Å²) in [6.07, 6.45) is -6.80. The fourth-order valence-corrected chi connectivity index (χ4v) is 1.84. The molecule has 0 saturated heterocycles. The van der Waals surface area contributed by atoms with Crippen molar-refractivity contribution in [2.45, 2.75) is 58.5 Å². The van der Waals surface area contributed by atoms with Gasteiger partial charge in [0.05, 0.1) is 6.10 Å². The molecule has 1 aromatic rings. The second-order valence-corrected chi connectivity index (χ2v) is 6.35. The first-order valence-corrected chi connectivity index (χ1v) is 7.03. The summed E-state index contributed by atoms with van der Waals surface area (Å²) >= 11 is 0. The Morgan fingerprint density at radius 1 is 1.19 bits per heavy atom. The molecule has 21 heavy (non-hydrogen) atoms. The normalized spacial score (nSPS) is 15.8. The Kier molecular flexibility index (Phi) is 5.82. The SMILES string of the molecule is Cc1cccc(C(CNC(C)(C)C)OC(C)C(F)(F)F)c1. The minimum absolute atomic E-state index is 0.188. The Hall–Kier alpha value is -1.07. The highest BCUT2D eigenvalue weighted by molar-refractivity contribution is 5.24. The fourth-order valence-electron chi connectivity index (χ4n) is 1.84. The van der Waals surface area contributed by atoms with Gasteiger partial charge in [0, 0.05) is 12.1 Å². The van der Waals surface area contributed by atoms with Crippen molar-refractivity contribution in [2.24, 2.45) is 0 Å². The fraction of sp³-hybridized carbons (Fsp3) is 0.625. The zero-order valence-corrected chi connectivity index (χ0v) is 13.2. The number of hydrogen-bond acceptors (Lipinski definition) is 2. The van der Waals surface area contributed by atoms with E-state index < -0.39 is 18.4 Å². The average molecular weight is 303 g/mol. The van der Waals surface area contributed by atoms with Gasteiger partial charge in [-0.05, 0) is 40.2 Å². The molecule has 5 heteroatoms. The minimum Gasteiger partial charge on any atom is -0.360 e. The van der Waals surface area contributed by atoms with Crippen molar-refractivity contribution in [1.82, 2.24) is 5.32 Å². The summed E-state index contributed by atoms with van der Waals surface area (Å²) in [6, 6.07) is 7.39. The zero-order chi connectivity index (χ0) is 16.3. The molecule has 1 N–H and O–H groups in total. The van der Waals surface area contributed by atoms with Crippen LogP contribution < -0.4 is 5.32 Å². The summed E-state index contributed by atoms with van der Waals surface area (Å²) in [7, 11) is 0. The van der Waals surface area contributed by atoms with Crippen LogP contribution in [-0.4, -0.2) is 24.4 Å². The standard InChI is InChI=1S/C16H24F3NO/c1-11-7-6-8-13(9-11)14(10-20-15(3,4)5)21-12(2)16(17,18)19/h6-9,12,14,20H,10H2,1-5H3. The third kappa shape index (κ3) is 6.48. The quantitative estimate of drug-likeness (QED) is 0.871. The summed E-state index contributed by atoms with van der Waals surface area (Å²) in [4.78, 5) is 0. The van der Waals surface area contributed by atoms with Gasteiger partial charge in [0.1, 0.15) is 0 Å². The first-order valence-electron chi connectivity index (χ1n) is 7.03. The number of hydrogen-bond donors (Lipinski definition) is 1. The lowest BCUT2D eigenvalue weighted by atomic mass is 10.0. The third-order valence-corrected chi connectivity index (χ3v) is 3.06. The van der Waals surface area contributed by atoms with E-state index in [2.05, 4.69) is 5.32 Å². The largest absolute Gasteiger partial charge is 0.414 e. The van der Waals surface area contributed by atoms with E-state index in [4.69, 9.17) is 4.74 Å². The molecule has 2 nitrogen and oxygen atoms in total. The summed E-state index contributed by atoms with van der Waals surface area (Å²) in [5, 5.41) is 3.20. The van der Waals surface area contributed by atoms with Gasteiger partial charge in [-0.15, -0.1) is 0 Å². The number of ether oxygens (including phenoxy) is 1. The van der Waals surface area contributed by atoms with Crippen LogP contribution >= 0.6 is 0 Å². The van der Waals surface area contributed by atoms with Gasteiger partial charge in [-0.25, -0.2) is 0 Å². The van der Waals surface area contributed by atoms with Crippen LogP contribution in [0.1, 0.15) is 44.9 Å². The first kappa shape index (κ1) is 18.0. The third-order valence-electron chi connectivity index (χ3n) is 3.06. The number of nitrogens with one attached hydrogen (secondary N) is 1. The Bertz CT molecular complexity index is 452. The highest BCUT2D eigenvalue weighted by Crippen LogP contribution is 2.28. The van der Waals surface area contributed by atoms with Gasteiger partial charge in [-0.1, -0.05) is 29.8 Å². The Morgan fingerprint density at radius 2 is 1.81 bits per heavy atom. The molecule has 1 aromatic carbocycles. The minimum atomic E-state index is -4.36. The molecule has 0 amide bonds. The zero-order valence-electron chi connectivity index (χ0n) is 13.2. The molecule has 0 fully saturated rings. The molecule has 0 spiro atoms. The molecule has 0 bridgehead atoms. The monoisotopic (exact) mass is 303 g/mol. The molecule has 120 valence electrons. The van der Waals surface area contributed by atoms with Gasteiger partial charge in [-0.3, -0.25) is 0 Å². The van der Waals surface area contributed by atoms with Crippen molar-refractivity contribution in [3.8, 4) is 0 Å². The molecule has 0 radical (unpaired) electrons. The van der Waals surface area contributed by atoms with E-state index in [1.807, 2.05) is 45.9 Å². The van der Waals surface area contributed by atoms with Gasteiger partial charge >= 0.3 is 6.18 Å². The average Bonchev–Trinajstić information content (AvgIpc) is 2.31. The number of halogens is 3. The predicted octanol–water partition coefficient (Wildman–Crippen LogP) is 4.39. The van der Waals surface area contributed by atoms with Crippen molar-refractivity contribution in [1.29, 1.82) is 0 Å². The maximum atomic E-state index is 12.7. The van der Waals surface area contributed by atoms with Crippen molar-refractivity contribution < 1.29 is 17.9 Å². The number of aryl methyl sites for hydroxylation is 1. The summed E-state index contributed by atoms with van der Waals surface area (Å²) in [5.74, 6) is 0. The smallest absolute Gasteiger partial charge is 0.360 e. The van der Waals surface area contributed by atoms with E-state index in [1.165, 1.54) is 0 Å². The van der Waals surface area contributed by atoms with Crippen LogP contribution in [0.5, 0.6) is 0 Å². The predicted molar refractivity (Wildman–Crippen MR) is 78.3 cm³/mol. The van der Waals surface area contributed by atoms with Crippen LogP contribution in [0.3, 0.4) is 0 Å². The van der Waals surface area contributed by atoms with Crippen LogP contribution in [0.4, 0.5) is 13.2 Å². The van der Waals surface area contributed by atoms with E-state index in [-0.39, 0.29) is 5.54 Å². The number of benzene rings is 1. The Balaban J connectivity index is 2.89. The van der Waals surface area contributed by atoms with Gasteiger partial charge < -0.3 is 10.1 Å². The summed E-state index contributed by atoms with van der Waals surface area (Å²) in [6.45, 7) is 9.17. The number of rotatable bonds is 5. The van der Waals surface area contributed by atoms with E-state index in [0.29, 0.717) is 6.54 Å². The molecule has 0 heterocycles. The Labute approximate surface area is 124 Å². The van der Waals surface area contributed by atoms with Crippen LogP contribution in [0, 0.1) is 6.92 Å². The van der Waals surface area contributed by atoms with E-state index in [0.717, 1.165) is 18.1 Å². The first-order chi connectivity index (χ1) is 9.49. The topological polar surface area (TPSA) is 21.3 Å². The lowest BCUT2D eigenvalue weighted by molar-refractivity contribution is -0.227. The molecular formula is C16H24F3NO. The molecular weight excluding hydrogens is 279 g/mol. The molecule has 0 aliphatic rings. The van der Waals surface area contributed by atoms with E-state index in [1.54, 1.807) is 6.07 Å². The second kappa shape index (κ2) is 6.79. The van der Waals surface area contributed by atoms with Crippen LogP contribution in [0.25, 0.3) is 0 Å². The van der Waals surface area contributed by atoms with Crippen LogP contribution in [0.15, 0.2) is 24.3 Å². The highest BCUT2D eigenvalue weighted by atomic mass is 19.4. The molecule has 2 unspecified atom stereocenters. The summed E-state index contributed by atoms with van der Waals surface area (Å²) < 4.78 is 43.5. The van der Waals surface area contributed by atoms with Gasteiger partial charge in [0.15, 0.2) is 6.10 Å². The molecule has 2 atom stereocenters. The maximum Gasteiger partial charge on any atom is 0.414 e. The van der Waals surface area contributed by atoms with Crippen LogP contribution in [0.2, 0.25) is 0 Å². The van der Waals surface area contributed by atoms with Crippen LogP contribution in [-0.2, 0) is 4.74 Å². The Morgan fingerprint density at radius 3 is 2.29 bits per heavy atom. The molecule has 1 rings (SSSR count). The summed E-state index contributed by atoms with van der Waals surface area (Å²) in [5.41, 5.74) is 1.56. The lowest BCUT2D eigenvalue weighted by Crippen LogP contribution is -2.41. The lowest BCUT2D eigenvalue weighted by Gasteiger charge is -2.28. The maximum absolute atomic E-state index is 12.7. The van der Waals surface area contributed by atoms with E-state index >= 15 is 0 Å². The van der Waals surface area contributed by atoms with Gasteiger partial charge in [-0.2, -0.15) is 13.2 Å². The molecule has 0 saturated carbocycles. The van der Waals surface area contributed by atoms with Crippen molar-refractivity contribution in [2.75, 3.05) is 6.54 Å². The van der Waals surface area contributed by atoms with Gasteiger partial charge in [0.25, 0.3) is 0 Å². The van der Waals surface area contributed by atoms with Crippen molar-refractivity contribution in [3.05, 3.63) is 35.4 Å². The van der Waals surface area contributed by atoms with Gasteiger partial charge in [0.2, 0.25) is 0 Å².